The van der Waals surface area contributed by atoms with Crippen molar-refractivity contribution in [2.75, 3.05) is 19.0 Å². The van der Waals surface area contributed by atoms with Gasteiger partial charge in [-0.1, -0.05) is 24.3 Å². The van der Waals surface area contributed by atoms with Crippen LogP contribution >= 0.6 is 0 Å². The Morgan fingerprint density at radius 3 is 2.80 bits per heavy atom. The Morgan fingerprint density at radius 1 is 1.24 bits per heavy atom. The monoisotopic (exact) mass is 338 g/mol. The van der Waals surface area contributed by atoms with Crippen LogP contribution in [0.1, 0.15) is 31.1 Å². The Balaban J connectivity index is 1.73. The van der Waals surface area contributed by atoms with E-state index in [9.17, 15) is 5.11 Å². The number of hydrogen-bond acceptors (Lipinski definition) is 5. The smallest absolute Gasteiger partial charge is 0.226 e. The average Bonchev–Trinajstić information content (AvgIpc) is 2.82. The van der Waals surface area contributed by atoms with Crippen molar-refractivity contribution in [3.63, 3.8) is 0 Å². The largest absolute Gasteiger partial charge is 0.460 e. The van der Waals surface area contributed by atoms with E-state index in [4.69, 9.17) is 9.47 Å². The van der Waals surface area contributed by atoms with Gasteiger partial charge in [-0.2, -0.15) is 0 Å². The first-order valence-corrected chi connectivity index (χ1v) is 8.40. The predicted molar refractivity (Wildman–Crippen MR) is 97.9 cm³/mol. The molecule has 0 saturated heterocycles. The summed E-state index contributed by atoms with van der Waals surface area (Å²) in [6, 6.07) is 13.8. The molecule has 0 fully saturated rings. The maximum Gasteiger partial charge on any atom is 0.226 e. The number of nitrogens with zero attached hydrogens (tertiary/aromatic N) is 1. The van der Waals surface area contributed by atoms with E-state index in [1.807, 2.05) is 36.5 Å². The summed E-state index contributed by atoms with van der Waals surface area (Å²) < 4.78 is 11.5. The van der Waals surface area contributed by atoms with E-state index >= 15 is 0 Å². The Kier molecular flexibility index (Phi) is 3.60. The van der Waals surface area contributed by atoms with Crippen molar-refractivity contribution in [3.05, 3.63) is 53.6 Å². The van der Waals surface area contributed by atoms with Gasteiger partial charge in [-0.15, -0.1) is 0 Å². The Labute approximate surface area is 147 Å². The zero-order chi connectivity index (χ0) is 17.7. The van der Waals surface area contributed by atoms with Gasteiger partial charge in [0.1, 0.15) is 17.5 Å². The molecule has 5 heteroatoms. The second-order valence-corrected chi connectivity index (χ2v) is 7.09. The molecule has 2 unspecified atom stereocenters. The standard InChI is InChI=1S/C20H22N2O3/c1-19(2)14-6-4-5-7-15(14)22-20(19)12-21-16-9-8-13(10-18(16)25-20)17(23)11-24-3/h4-10,12,17,22-23H,11H2,1-3H3. The summed E-state index contributed by atoms with van der Waals surface area (Å²) in [5.74, 6) is 0.656. The summed E-state index contributed by atoms with van der Waals surface area (Å²) in [5, 5.41) is 13.7. The highest BCUT2D eigenvalue weighted by Gasteiger charge is 2.54. The van der Waals surface area contributed by atoms with Gasteiger partial charge in [0.15, 0.2) is 0 Å². The molecule has 2 atom stereocenters. The van der Waals surface area contributed by atoms with Crippen molar-refractivity contribution in [2.24, 2.45) is 4.99 Å². The molecule has 2 aromatic rings. The number of ether oxygens (including phenoxy) is 2. The van der Waals surface area contributed by atoms with Crippen molar-refractivity contribution in [3.8, 4) is 5.75 Å². The highest BCUT2D eigenvalue weighted by atomic mass is 16.5. The van der Waals surface area contributed by atoms with Crippen LogP contribution in [0.3, 0.4) is 0 Å². The minimum absolute atomic E-state index is 0.238. The Bertz CT molecular complexity index is 847. The zero-order valence-electron chi connectivity index (χ0n) is 14.6. The lowest BCUT2D eigenvalue weighted by molar-refractivity contribution is 0.0636. The molecule has 2 N–H and O–H groups in total. The molecule has 0 amide bonds. The van der Waals surface area contributed by atoms with Gasteiger partial charge in [0, 0.05) is 12.8 Å². The number of aliphatic imine (C=N–C) groups is 1. The Hall–Kier alpha value is -2.37. The number of hydrogen-bond donors (Lipinski definition) is 2. The third kappa shape index (κ3) is 2.34. The van der Waals surface area contributed by atoms with Gasteiger partial charge in [-0.05, 0) is 43.2 Å². The summed E-state index contributed by atoms with van der Waals surface area (Å²) in [6.45, 7) is 4.53. The van der Waals surface area contributed by atoms with Gasteiger partial charge in [0.05, 0.1) is 18.2 Å². The van der Waals surface area contributed by atoms with Crippen molar-refractivity contribution >= 4 is 17.6 Å². The number of benzene rings is 2. The fourth-order valence-corrected chi connectivity index (χ4v) is 3.58. The quantitative estimate of drug-likeness (QED) is 0.898. The van der Waals surface area contributed by atoms with Crippen molar-refractivity contribution in [1.29, 1.82) is 0 Å². The van der Waals surface area contributed by atoms with E-state index in [-0.39, 0.29) is 12.0 Å². The maximum absolute atomic E-state index is 10.2. The van der Waals surface area contributed by atoms with Gasteiger partial charge < -0.3 is 19.9 Å². The average molecular weight is 338 g/mol. The fourth-order valence-electron chi connectivity index (χ4n) is 3.58. The molecule has 5 nitrogen and oxygen atoms in total. The number of anilines is 1. The Morgan fingerprint density at radius 2 is 2.04 bits per heavy atom. The molecule has 2 aromatic carbocycles. The lowest BCUT2D eigenvalue weighted by Crippen LogP contribution is -2.56. The van der Waals surface area contributed by atoms with Gasteiger partial charge in [-0.25, -0.2) is 0 Å². The van der Waals surface area contributed by atoms with Crippen LogP contribution in [0.5, 0.6) is 5.75 Å². The fraction of sp³-hybridized carbons (Fsp3) is 0.350. The molecule has 2 aliphatic rings. The van der Waals surface area contributed by atoms with Gasteiger partial charge in [0.2, 0.25) is 5.72 Å². The van der Waals surface area contributed by atoms with Crippen LogP contribution in [0.4, 0.5) is 11.4 Å². The van der Waals surface area contributed by atoms with E-state index in [2.05, 4.69) is 36.3 Å². The van der Waals surface area contributed by atoms with E-state index in [0.29, 0.717) is 5.75 Å². The summed E-state index contributed by atoms with van der Waals surface area (Å²) >= 11 is 0. The molecule has 0 radical (unpaired) electrons. The predicted octanol–water partition coefficient (Wildman–Crippen LogP) is 3.56. The van der Waals surface area contributed by atoms with Crippen LogP contribution in [-0.4, -0.2) is 30.8 Å². The molecule has 2 heterocycles. The number of aliphatic hydroxyl groups excluding tert-OH is 1. The van der Waals surface area contributed by atoms with Gasteiger partial charge >= 0.3 is 0 Å². The molecule has 0 aromatic heterocycles. The van der Waals surface area contributed by atoms with Crippen LogP contribution in [0.15, 0.2) is 47.5 Å². The van der Waals surface area contributed by atoms with Crippen LogP contribution < -0.4 is 10.1 Å². The molecule has 25 heavy (non-hydrogen) atoms. The van der Waals surface area contributed by atoms with Crippen LogP contribution in [0.25, 0.3) is 0 Å². The number of methoxy groups -OCH3 is 1. The first-order chi connectivity index (χ1) is 12.0. The van der Waals surface area contributed by atoms with Crippen LogP contribution in [0, 0.1) is 0 Å². The van der Waals surface area contributed by atoms with Crippen molar-refractivity contribution in [2.45, 2.75) is 31.1 Å². The molecular weight excluding hydrogens is 316 g/mol. The number of fused-ring (bicyclic) bond motifs is 2. The molecule has 4 rings (SSSR count). The molecule has 0 aliphatic carbocycles. The van der Waals surface area contributed by atoms with E-state index in [0.717, 1.165) is 16.9 Å². The second-order valence-electron chi connectivity index (χ2n) is 7.09. The maximum atomic E-state index is 10.2. The van der Waals surface area contributed by atoms with E-state index < -0.39 is 11.8 Å². The summed E-state index contributed by atoms with van der Waals surface area (Å²) in [4.78, 5) is 4.63. The zero-order valence-corrected chi connectivity index (χ0v) is 14.6. The van der Waals surface area contributed by atoms with Crippen molar-refractivity contribution in [1.82, 2.24) is 0 Å². The van der Waals surface area contributed by atoms with Gasteiger partial charge in [0.25, 0.3) is 0 Å². The van der Waals surface area contributed by atoms with Gasteiger partial charge in [-0.3, -0.25) is 4.99 Å². The third-order valence-electron chi connectivity index (χ3n) is 5.20. The number of aliphatic hydroxyl groups is 1. The second kappa shape index (κ2) is 5.58. The lowest BCUT2D eigenvalue weighted by atomic mass is 9.78. The van der Waals surface area contributed by atoms with Crippen LogP contribution in [-0.2, 0) is 10.2 Å². The highest BCUT2D eigenvalue weighted by molar-refractivity contribution is 5.87. The molecule has 130 valence electrons. The minimum atomic E-state index is -0.755. The van der Waals surface area contributed by atoms with Crippen molar-refractivity contribution < 1.29 is 14.6 Å². The molecular formula is C20H22N2O3. The summed E-state index contributed by atoms with van der Waals surface area (Å²) in [6.07, 6.45) is 1.16. The minimum Gasteiger partial charge on any atom is -0.460 e. The molecule has 2 aliphatic heterocycles. The molecule has 0 bridgehead atoms. The topological polar surface area (TPSA) is 63.1 Å². The highest BCUT2D eigenvalue weighted by Crippen LogP contribution is 2.50. The van der Waals surface area contributed by atoms with E-state index in [1.54, 1.807) is 7.11 Å². The number of nitrogens with one attached hydrogen (secondary N) is 1. The molecule has 1 spiro atoms. The SMILES string of the molecule is COCC(O)c1ccc2c(c1)OC1(C=N2)Nc2ccccc2C1(C)C. The number of para-hydroxylation sites is 1. The summed E-state index contributed by atoms with van der Waals surface area (Å²) in [7, 11) is 1.57. The van der Waals surface area contributed by atoms with E-state index in [1.165, 1.54) is 5.56 Å². The van der Waals surface area contributed by atoms with Crippen LogP contribution in [0.2, 0.25) is 0 Å². The first-order valence-electron chi connectivity index (χ1n) is 8.40. The molecule has 0 saturated carbocycles. The number of rotatable bonds is 3. The third-order valence-corrected chi connectivity index (χ3v) is 5.20. The lowest BCUT2D eigenvalue weighted by Gasteiger charge is -2.40. The normalized spacial score (nSPS) is 23.5. The first kappa shape index (κ1) is 16.1. The summed E-state index contributed by atoms with van der Waals surface area (Å²) in [5.41, 5.74) is 2.70.